The standard InChI is InChI=1S/C20H14FN2O/c1-12-7-8-17-20(19(12)16-6-4-5-9-23(16)3)13-10-14(21)15(22-2)11-18(13)24-17/h4-11H,1,3H3/q+1. The Morgan fingerprint density at radius 1 is 1.12 bits per heavy atom. The van der Waals surface area contributed by atoms with E-state index in [0.717, 1.165) is 22.2 Å². The van der Waals surface area contributed by atoms with Gasteiger partial charge in [-0.15, -0.1) is 0 Å². The van der Waals surface area contributed by atoms with Gasteiger partial charge in [-0.25, -0.2) is 13.8 Å². The topological polar surface area (TPSA) is 21.4 Å². The highest BCUT2D eigenvalue weighted by molar-refractivity contribution is 6.13. The van der Waals surface area contributed by atoms with Crippen molar-refractivity contribution in [3.05, 3.63) is 71.5 Å². The molecule has 2 aromatic heterocycles. The molecule has 2 heterocycles. The number of rotatable bonds is 1. The van der Waals surface area contributed by atoms with Gasteiger partial charge >= 0.3 is 0 Å². The molecular formula is C20H14FN2O+. The van der Waals surface area contributed by atoms with Crippen LogP contribution in [-0.4, -0.2) is 0 Å². The first kappa shape index (κ1) is 14.4. The molecule has 0 spiro atoms. The van der Waals surface area contributed by atoms with Crippen molar-refractivity contribution in [2.45, 2.75) is 6.92 Å². The van der Waals surface area contributed by atoms with Gasteiger partial charge in [-0.3, -0.25) is 0 Å². The van der Waals surface area contributed by atoms with Crippen LogP contribution in [-0.2, 0) is 7.05 Å². The van der Waals surface area contributed by atoms with Crippen LogP contribution in [0.4, 0.5) is 10.1 Å². The number of hydrogen-bond acceptors (Lipinski definition) is 1. The smallest absolute Gasteiger partial charge is 0.225 e. The van der Waals surface area contributed by atoms with Gasteiger partial charge in [-0.1, -0.05) is 6.07 Å². The maximum absolute atomic E-state index is 14.2. The van der Waals surface area contributed by atoms with Crippen LogP contribution in [0.25, 0.3) is 38.0 Å². The summed E-state index contributed by atoms with van der Waals surface area (Å²) in [6.45, 7) is 9.11. The van der Waals surface area contributed by atoms with E-state index < -0.39 is 5.82 Å². The number of hydrogen-bond donors (Lipinski definition) is 0. The molecule has 4 rings (SSSR count). The molecule has 4 aromatic rings. The number of aromatic nitrogens is 1. The maximum atomic E-state index is 14.2. The molecule has 0 N–H and O–H groups in total. The summed E-state index contributed by atoms with van der Waals surface area (Å²) in [6.07, 6.45) is 1.98. The van der Waals surface area contributed by atoms with E-state index in [1.165, 1.54) is 12.1 Å². The Bertz CT molecular complexity index is 1150. The minimum absolute atomic E-state index is 0.0231. The molecule has 0 bridgehead atoms. The predicted octanol–water partition coefficient (Wildman–Crippen LogP) is 5.08. The molecule has 0 saturated heterocycles. The fraction of sp³-hybridized carbons (Fsp3) is 0.100. The summed E-state index contributed by atoms with van der Waals surface area (Å²) >= 11 is 0. The van der Waals surface area contributed by atoms with Gasteiger partial charge in [0.15, 0.2) is 6.20 Å². The lowest BCUT2D eigenvalue weighted by molar-refractivity contribution is -0.660. The van der Waals surface area contributed by atoms with Crippen molar-refractivity contribution in [1.82, 2.24) is 0 Å². The molecule has 0 unspecified atom stereocenters. The van der Waals surface area contributed by atoms with Crippen LogP contribution in [0, 0.1) is 19.3 Å². The van der Waals surface area contributed by atoms with E-state index in [4.69, 9.17) is 11.0 Å². The van der Waals surface area contributed by atoms with E-state index in [1.54, 1.807) is 0 Å². The zero-order valence-corrected chi connectivity index (χ0v) is 13.3. The molecule has 0 aliphatic rings. The van der Waals surface area contributed by atoms with Crippen LogP contribution in [0.5, 0.6) is 0 Å². The molecule has 4 heteroatoms. The summed E-state index contributed by atoms with van der Waals surface area (Å²) in [6, 6.07) is 12.8. The second kappa shape index (κ2) is 5.17. The van der Waals surface area contributed by atoms with Crippen LogP contribution in [0.1, 0.15) is 5.56 Å². The van der Waals surface area contributed by atoms with Gasteiger partial charge in [0.2, 0.25) is 11.4 Å². The van der Waals surface area contributed by atoms with Crippen molar-refractivity contribution in [2.24, 2.45) is 7.05 Å². The molecular weight excluding hydrogens is 303 g/mol. The number of aryl methyl sites for hydroxylation is 2. The molecule has 0 radical (unpaired) electrons. The summed E-state index contributed by atoms with van der Waals surface area (Å²) in [4.78, 5) is 3.21. The van der Waals surface area contributed by atoms with Gasteiger partial charge in [0.25, 0.3) is 0 Å². The van der Waals surface area contributed by atoms with E-state index in [9.17, 15) is 4.39 Å². The largest absolute Gasteiger partial charge is 0.457 e. The van der Waals surface area contributed by atoms with Gasteiger partial charge < -0.3 is 4.42 Å². The van der Waals surface area contributed by atoms with E-state index in [1.807, 2.05) is 55.1 Å². The van der Waals surface area contributed by atoms with E-state index >= 15 is 0 Å². The second-order valence-corrected chi connectivity index (χ2v) is 5.84. The average molecular weight is 317 g/mol. The number of furan rings is 1. The minimum atomic E-state index is -0.523. The predicted molar refractivity (Wildman–Crippen MR) is 91.3 cm³/mol. The monoisotopic (exact) mass is 317 g/mol. The van der Waals surface area contributed by atoms with Crippen molar-refractivity contribution < 1.29 is 13.4 Å². The lowest BCUT2D eigenvalue weighted by atomic mass is 9.98. The van der Waals surface area contributed by atoms with Crippen molar-refractivity contribution in [1.29, 1.82) is 0 Å². The van der Waals surface area contributed by atoms with Crippen molar-refractivity contribution in [3.63, 3.8) is 0 Å². The zero-order valence-electron chi connectivity index (χ0n) is 13.3. The third-order valence-electron chi connectivity index (χ3n) is 4.35. The molecule has 0 atom stereocenters. The maximum Gasteiger partial charge on any atom is 0.225 e. The molecule has 24 heavy (non-hydrogen) atoms. The Morgan fingerprint density at radius 3 is 2.71 bits per heavy atom. The van der Waals surface area contributed by atoms with Crippen molar-refractivity contribution in [3.8, 4) is 11.3 Å². The molecule has 0 saturated carbocycles. The molecule has 0 amide bonds. The Labute approximate surface area is 138 Å². The van der Waals surface area contributed by atoms with Gasteiger partial charge in [0.1, 0.15) is 24.0 Å². The van der Waals surface area contributed by atoms with Crippen LogP contribution < -0.4 is 4.57 Å². The highest BCUT2D eigenvalue weighted by Crippen LogP contribution is 2.39. The molecule has 0 aliphatic heterocycles. The van der Waals surface area contributed by atoms with Crippen LogP contribution in [0.2, 0.25) is 0 Å². The Hall–Kier alpha value is -3.19. The summed E-state index contributed by atoms with van der Waals surface area (Å²) < 4.78 is 22.1. The first-order valence-electron chi connectivity index (χ1n) is 7.58. The zero-order chi connectivity index (χ0) is 16.8. The van der Waals surface area contributed by atoms with Gasteiger partial charge in [-0.2, -0.15) is 0 Å². The fourth-order valence-corrected chi connectivity index (χ4v) is 3.18. The molecule has 116 valence electrons. The summed E-state index contributed by atoms with van der Waals surface area (Å²) in [5.74, 6) is -0.523. The third-order valence-corrected chi connectivity index (χ3v) is 4.35. The SMILES string of the molecule is [C-]#[N+]c1cc2oc3ccc(C)c(-c4cccc[n+]4C)c3c2cc1F. The van der Waals surface area contributed by atoms with E-state index in [-0.39, 0.29) is 5.69 Å². The van der Waals surface area contributed by atoms with E-state index in [2.05, 4.69) is 4.85 Å². The highest BCUT2D eigenvalue weighted by Gasteiger charge is 2.21. The molecule has 0 fully saturated rings. The Kier molecular flexibility index (Phi) is 3.10. The number of benzene rings is 2. The average Bonchev–Trinajstić information content (AvgIpc) is 2.93. The Morgan fingerprint density at radius 2 is 1.96 bits per heavy atom. The lowest BCUT2D eigenvalue weighted by Crippen LogP contribution is -2.30. The van der Waals surface area contributed by atoms with E-state index in [0.29, 0.717) is 16.6 Å². The quantitative estimate of drug-likeness (QED) is 0.354. The number of halogens is 1. The third kappa shape index (κ3) is 1.99. The van der Waals surface area contributed by atoms with Crippen molar-refractivity contribution in [2.75, 3.05) is 0 Å². The van der Waals surface area contributed by atoms with Crippen LogP contribution in [0.3, 0.4) is 0 Å². The minimum Gasteiger partial charge on any atom is -0.457 e. The van der Waals surface area contributed by atoms with Gasteiger partial charge in [0.05, 0.1) is 12.1 Å². The Balaban J connectivity index is 2.20. The normalized spacial score (nSPS) is 11.1. The molecule has 0 aliphatic carbocycles. The number of pyridine rings is 1. The van der Waals surface area contributed by atoms with Crippen LogP contribution >= 0.6 is 0 Å². The van der Waals surface area contributed by atoms with Crippen molar-refractivity contribution >= 4 is 27.6 Å². The second-order valence-electron chi connectivity index (χ2n) is 5.84. The molecule has 2 aromatic carbocycles. The first-order chi connectivity index (χ1) is 11.6. The fourth-order valence-electron chi connectivity index (χ4n) is 3.18. The van der Waals surface area contributed by atoms with Crippen LogP contribution in [0.15, 0.2) is 53.1 Å². The van der Waals surface area contributed by atoms with Gasteiger partial charge in [0, 0.05) is 22.9 Å². The lowest BCUT2D eigenvalue weighted by Gasteiger charge is -2.06. The summed E-state index contributed by atoms with van der Waals surface area (Å²) in [5.41, 5.74) is 4.33. The number of nitrogens with zero attached hydrogens (tertiary/aromatic N) is 2. The molecule has 3 nitrogen and oxygen atoms in total. The first-order valence-corrected chi connectivity index (χ1v) is 7.58. The van der Waals surface area contributed by atoms with Gasteiger partial charge in [-0.05, 0) is 36.8 Å². The highest BCUT2D eigenvalue weighted by atomic mass is 19.1. The number of fused-ring (bicyclic) bond motifs is 3. The summed E-state index contributed by atoms with van der Waals surface area (Å²) in [5, 5.41) is 1.57. The summed E-state index contributed by atoms with van der Waals surface area (Å²) in [7, 11) is 1.98.